The maximum Gasteiger partial charge on any atom is 0.471 e. The van der Waals surface area contributed by atoms with E-state index < -0.39 is 17.5 Å². The van der Waals surface area contributed by atoms with Gasteiger partial charge in [0, 0.05) is 31.1 Å². The van der Waals surface area contributed by atoms with Crippen LogP contribution < -0.4 is 9.80 Å². The first kappa shape index (κ1) is 17.2. The van der Waals surface area contributed by atoms with Gasteiger partial charge in [-0.2, -0.15) is 13.2 Å². The molecule has 0 spiro atoms. The first-order valence-electron chi connectivity index (χ1n) is 8.75. The monoisotopic (exact) mass is 367 g/mol. The van der Waals surface area contributed by atoms with E-state index in [0.29, 0.717) is 13.0 Å². The molecule has 1 saturated heterocycles. The van der Waals surface area contributed by atoms with Crippen LogP contribution in [0.1, 0.15) is 25.8 Å². The zero-order valence-corrected chi connectivity index (χ0v) is 14.6. The van der Waals surface area contributed by atoms with Gasteiger partial charge < -0.3 is 14.7 Å². The molecule has 3 heterocycles. The molecule has 4 rings (SSSR count). The van der Waals surface area contributed by atoms with Gasteiger partial charge in [0.25, 0.3) is 0 Å². The molecule has 3 aliphatic heterocycles. The van der Waals surface area contributed by atoms with Gasteiger partial charge in [-0.1, -0.05) is 19.1 Å². The number of likely N-dealkylation sites (tertiary alicyclic amines) is 1. The third-order valence-electron chi connectivity index (χ3n) is 5.96. The molecular weight excluding hydrogens is 347 g/mol. The molecule has 2 unspecified atom stereocenters. The predicted molar refractivity (Wildman–Crippen MR) is 90.2 cm³/mol. The van der Waals surface area contributed by atoms with Gasteiger partial charge in [0.05, 0.1) is 17.9 Å². The Labute approximate surface area is 149 Å². The number of fused-ring (bicyclic) bond motifs is 3. The third-order valence-corrected chi connectivity index (χ3v) is 5.96. The number of hydrogen-bond acceptors (Lipinski definition) is 3. The second kappa shape index (κ2) is 5.37. The Kier molecular flexibility index (Phi) is 3.55. The number of nitrogens with zero attached hydrogens (tertiary/aromatic N) is 3. The van der Waals surface area contributed by atoms with Gasteiger partial charge in [0.1, 0.15) is 0 Å². The quantitative estimate of drug-likeness (QED) is 0.765. The molecular formula is C18H20F3N3O2. The zero-order valence-electron chi connectivity index (χ0n) is 14.6. The predicted octanol–water partition coefficient (Wildman–Crippen LogP) is 2.29. The maximum absolute atomic E-state index is 12.9. The van der Waals surface area contributed by atoms with Crippen LogP contribution in [0.4, 0.5) is 24.5 Å². The number of amides is 2. The molecule has 1 aromatic rings. The summed E-state index contributed by atoms with van der Waals surface area (Å²) in [6, 6.07) is 5.55. The van der Waals surface area contributed by atoms with Crippen LogP contribution in [-0.2, 0) is 15.0 Å². The highest BCUT2D eigenvalue weighted by molar-refractivity contribution is 6.05. The molecule has 0 N–H and O–H groups in total. The van der Waals surface area contributed by atoms with Gasteiger partial charge in [-0.3, -0.25) is 9.59 Å². The van der Waals surface area contributed by atoms with Crippen molar-refractivity contribution in [3.05, 3.63) is 23.8 Å². The fourth-order valence-corrected chi connectivity index (χ4v) is 4.86. The minimum atomic E-state index is -4.87. The summed E-state index contributed by atoms with van der Waals surface area (Å²) in [6.07, 6.45) is -4.46. The number of alkyl halides is 3. The molecule has 8 heteroatoms. The van der Waals surface area contributed by atoms with Gasteiger partial charge in [0.15, 0.2) is 0 Å². The minimum absolute atomic E-state index is 0.00325. The van der Waals surface area contributed by atoms with Crippen LogP contribution in [0.25, 0.3) is 0 Å². The van der Waals surface area contributed by atoms with E-state index in [-0.39, 0.29) is 31.6 Å². The number of anilines is 2. The normalized spacial score (nSPS) is 27.5. The fraction of sp³-hybridized carbons (Fsp3) is 0.556. The summed E-state index contributed by atoms with van der Waals surface area (Å²) in [5.74, 6) is -1.79. The molecule has 5 nitrogen and oxygen atoms in total. The van der Waals surface area contributed by atoms with Crippen LogP contribution in [0.3, 0.4) is 0 Å². The Hall–Kier alpha value is -2.25. The van der Waals surface area contributed by atoms with Crippen molar-refractivity contribution in [3.8, 4) is 0 Å². The van der Waals surface area contributed by atoms with Crippen molar-refractivity contribution < 1.29 is 22.8 Å². The highest BCUT2D eigenvalue weighted by Crippen LogP contribution is 2.54. The highest BCUT2D eigenvalue weighted by Gasteiger charge is 2.56. The van der Waals surface area contributed by atoms with Gasteiger partial charge >= 0.3 is 12.1 Å². The van der Waals surface area contributed by atoms with Crippen LogP contribution in [-0.4, -0.2) is 55.1 Å². The van der Waals surface area contributed by atoms with E-state index in [4.69, 9.17) is 0 Å². The van der Waals surface area contributed by atoms with Crippen molar-refractivity contribution in [2.75, 3.05) is 36.0 Å². The smallest absolute Gasteiger partial charge is 0.356 e. The van der Waals surface area contributed by atoms with Crippen molar-refractivity contribution in [2.45, 2.75) is 37.9 Å². The number of carbonyl (C=O) groups is 2. The van der Waals surface area contributed by atoms with E-state index in [0.717, 1.165) is 21.8 Å². The first-order chi connectivity index (χ1) is 12.2. The summed E-state index contributed by atoms with van der Waals surface area (Å²) < 4.78 is 38.7. The summed E-state index contributed by atoms with van der Waals surface area (Å²) >= 11 is 0. The van der Waals surface area contributed by atoms with Gasteiger partial charge in [-0.05, 0) is 25.0 Å². The molecule has 0 radical (unpaired) electrons. The molecule has 26 heavy (non-hydrogen) atoms. The molecule has 2 atom stereocenters. The molecule has 0 aromatic heterocycles. The highest BCUT2D eigenvalue weighted by atomic mass is 19.4. The SMILES string of the molecule is CCN1C(=O)CN2c3c1cccc3C1(C)CN(C(=O)C(F)(F)F)CCC21. The lowest BCUT2D eigenvalue weighted by molar-refractivity contribution is -0.187. The molecule has 0 saturated carbocycles. The lowest BCUT2D eigenvalue weighted by Crippen LogP contribution is -2.60. The Bertz CT molecular complexity index is 794. The topological polar surface area (TPSA) is 43.9 Å². The van der Waals surface area contributed by atoms with Crippen molar-refractivity contribution in [3.63, 3.8) is 0 Å². The van der Waals surface area contributed by atoms with Crippen molar-refractivity contribution in [1.82, 2.24) is 4.90 Å². The molecule has 3 aliphatic rings. The summed E-state index contributed by atoms with van der Waals surface area (Å²) in [6.45, 7) is 4.63. The minimum Gasteiger partial charge on any atom is -0.356 e. The van der Waals surface area contributed by atoms with Crippen LogP contribution in [0, 0.1) is 0 Å². The standard InChI is InChI=1S/C18H20F3N3O2/c1-3-23-12-6-4-5-11-15(12)24(9-14(23)25)13-7-8-22(10-17(11,13)2)16(26)18(19,20)21/h4-6,13H,3,7-10H2,1-2H3. The number of piperidine rings is 1. The van der Waals surface area contributed by atoms with Crippen LogP contribution in [0.2, 0.25) is 0 Å². The van der Waals surface area contributed by atoms with Gasteiger partial charge in [0.2, 0.25) is 5.91 Å². The van der Waals surface area contributed by atoms with E-state index >= 15 is 0 Å². The number of likely N-dealkylation sites (N-methyl/N-ethyl adjacent to an activating group) is 1. The Morgan fingerprint density at radius 3 is 2.73 bits per heavy atom. The average Bonchev–Trinajstić information content (AvgIpc) is 2.83. The lowest BCUT2D eigenvalue weighted by atomic mass is 9.74. The summed E-state index contributed by atoms with van der Waals surface area (Å²) in [7, 11) is 0. The zero-order chi connectivity index (χ0) is 18.9. The second-order valence-electron chi connectivity index (χ2n) is 7.39. The summed E-state index contributed by atoms with van der Waals surface area (Å²) in [5, 5.41) is 0. The molecule has 1 fully saturated rings. The van der Waals surface area contributed by atoms with E-state index in [9.17, 15) is 22.8 Å². The summed E-state index contributed by atoms with van der Waals surface area (Å²) in [4.78, 5) is 29.0. The largest absolute Gasteiger partial charge is 0.471 e. The van der Waals surface area contributed by atoms with Crippen LogP contribution in [0.15, 0.2) is 18.2 Å². The van der Waals surface area contributed by atoms with E-state index in [1.165, 1.54) is 0 Å². The fourth-order valence-electron chi connectivity index (χ4n) is 4.86. The van der Waals surface area contributed by atoms with Crippen LogP contribution >= 0.6 is 0 Å². The van der Waals surface area contributed by atoms with Gasteiger partial charge in [-0.25, -0.2) is 0 Å². The summed E-state index contributed by atoms with van der Waals surface area (Å²) in [5.41, 5.74) is 2.04. The molecule has 140 valence electrons. The Balaban J connectivity index is 1.78. The number of para-hydroxylation sites is 1. The maximum atomic E-state index is 12.9. The number of benzene rings is 1. The third kappa shape index (κ3) is 2.17. The molecule has 2 amide bonds. The number of hydrogen-bond donors (Lipinski definition) is 0. The molecule has 1 aromatic carbocycles. The second-order valence-corrected chi connectivity index (χ2v) is 7.39. The lowest BCUT2D eigenvalue weighted by Gasteiger charge is -2.46. The Morgan fingerprint density at radius 2 is 2.08 bits per heavy atom. The number of halogens is 3. The van der Waals surface area contributed by atoms with Crippen molar-refractivity contribution in [1.29, 1.82) is 0 Å². The van der Waals surface area contributed by atoms with Crippen molar-refractivity contribution in [2.24, 2.45) is 0 Å². The van der Waals surface area contributed by atoms with E-state index in [2.05, 4.69) is 0 Å². The number of carbonyl (C=O) groups excluding carboxylic acids is 2. The Morgan fingerprint density at radius 1 is 1.35 bits per heavy atom. The number of rotatable bonds is 1. The van der Waals surface area contributed by atoms with E-state index in [1.54, 1.807) is 4.90 Å². The average molecular weight is 367 g/mol. The van der Waals surface area contributed by atoms with E-state index in [1.807, 2.05) is 36.9 Å². The molecule has 0 aliphatic carbocycles. The molecule has 0 bridgehead atoms. The van der Waals surface area contributed by atoms with Crippen molar-refractivity contribution >= 4 is 23.2 Å². The first-order valence-corrected chi connectivity index (χ1v) is 8.75. The van der Waals surface area contributed by atoms with Crippen LogP contribution in [0.5, 0.6) is 0 Å². The van der Waals surface area contributed by atoms with Gasteiger partial charge in [-0.15, -0.1) is 0 Å².